The molecule has 7 nitrogen and oxygen atoms in total. The van der Waals surface area contributed by atoms with E-state index in [9.17, 15) is 9.59 Å². The van der Waals surface area contributed by atoms with Crippen LogP contribution in [0.4, 0.5) is 11.4 Å². The quantitative estimate of drug-likeness (QED) is 0.424. The Hall–Kier alpha value is -4.00. The number of carbonyl (C=O) groups is 2. The van der Waals surface area contributed by atoms with E-state index in [1.165, 1.54) is 0 Å². The number of carbonyl (C=O) groups excluding carboxylic acids is 1. The maximum atomic E-state index is 12.3. The molecule has 2 aromatic carbocycles. The Morgan fingerprint density at radius 3 is 2.43 bits per heavy atom. The predicted octanol–water partition coefficient (Wildman–Crippen LogP) is 4.10. The van der Waals surface area contributed by atoms with E-state index in [-0.39, 0.29) is 18.0 Å². The average Bonchev–Trinajstić information content (AvgIpc) is 2.73. The van der Waals surface area contributed by atoms with Gasteiger partial charge in [0.2, 0.25) is 0 Å². The van der Waals surface area contributed by atoms with Gasteiger partial charge in [-0.25, -0.2) is 0 Å². The van der Waals surface area contributed by atoms with Crippen molar-refractivity contribution in [3.05, 3.63) is 89.2 Å². The third-order valence-electron chi connectivity index (χ3n) is 4.45. The van der Waals surface area contributed by atoms with Gasteiger partial charge in [0.1, 0.15) is 0 Å². The molecule has 30 heavy (non-hydrogen) atoms. The van der Waals surface area contributed by atoms with Crippen molar-refractivity contribution in [1.82, 2.24) is 4.98 Å². The highest BCUT2D eigenvalue weighted by Crippen LogP contribution is 2.19. The normalized spacial score (nSPS) is 10.3. The SMILES string of the molecule is Cc1ccc(C(=O)Nc2ccc(CNc3ccccc3C(=N)CC(=O)O)cc2)cn1. The lowest BCUT2D eigenvalue weighted by Crippen LogP contribution is -2.12. The number of anilines is 2. The molecule has 1 amide bonds. The number of rotatable bonds is 8. The second-order valence-electron chi connectivity index (χ2n) is 6.79. The monoisotopic (exact) mass is 402 g/mol. The number of carboxylic acids is 1. The van der Waals surface area contributed by atoms with Crippen molar-refractivity contribution in [2.24, 2.45) is 0 Å². The summed E-state index contributed by atoms with van der Waals surface area (Å²) in [6, 6.07) is 18.1. The van der Waals surface area contributed by atoms with Crippen LogP contribution in [0.15, 0.2) is 66.9 Å². The summed E-state index contributed by atoms with van der Waals surface area (Å²) >= 11 is 0. The molecule has 4 N–H and O–H groups in total. The Bertz CT molecular complexity index is 1060. The molecule has 0 spiro atoms. The van der Waals surface area contributed by atoms with Gasteiger partial charge in [-0.15, -0.1) is 0 Å². The van der Waals surface area contributed by atoms with E-state index >= 15 is 0 Å². The van der Waals surface area contributed by atoms with Crippen molar-refractivity contribution in [3.8, 4) is 0 Å². The van der Waals surface area contributed by atoms with Crippen LogP contribution >= 0.6 is 0 Å². The van der Waals surface area contributed by atoms with Gasteiger partial charge in [0.15, 0.2) is 0 Å². The van der Waals surface area contributed by atoms with Gasteiger partial charge in [0, 0.05) is 35.4 Å². The molecule has 0 saturated heterocycles. The van der Waals surface area contributed by atoms with E-state index in [2.05, 4.69) is 15.6 Å². The fraction of sp³-hybridized carbons (Fsp3) is 0.130. The average molecular weight is 402 g/mol. The molecule has 0 radical (unpaired) electrons. The van der Waals surface area contributed by atoms with Crippen LogP contribution in [0.2, 0.25) is 0 Å². The van der Waals surface area contributed by atoms with Crippen molar-refractivity contribution < 1.29 is 14.7 Å². The van der Waals surface area contributed by atoms with Gasteiger partial charge in [-0.3, -0.25) is 14.6 Å². The third kappa shape index (κ3) is 5.51. The number of carboxylic acid groups (broad SMARTS) is 1. The second-order valence-corrected chi connectivity index (χ2v) is 6.79. The number of aliphatic carboxylic acids is 1. The number of benzene rings is 2. The number of hydrogen-bond acceptors (Lipinski definition) is 5. The van der Waals surface area contributed by atoms with Gasteiger partial charge in [-0.2, -0.15) is 0 Å². The van der Waals surface area contributed by atoms with E-state index in [0.717, 1.165) is 11.3 Å². The second kappa shape index (κ2) is 9.47. The molecule has 152 valence electrons. The minimum atomic E-state index is -1.03. The Labute approximate surface area is 174 Å². The Morgan fingerprint density at radius 1 is 1.03 bits per heavy atom. The van der Waals surface area contributed by atoms with Crippen molar-refractivity contribution in [1.29, 1.82) is 5.41 Å². The number of nitrogens with zero attached hydrogens (tertiary/aromatic N) is 1. The van der Waals surface area contributed by atoms with Crippen LogP contribution in [0.1, 0.15) is 33.6 Å². The molecule has 0 unspecified atom stereocenters. The van der Waals surface area contributed by atoms with Gasteiger partial charge in [0.25, 0.3) is 5.91 Å². The zero-order chi connectivity index (χ0) is 21.5. The summed E-state index contributed by atoms with van der Waals surface area (Å²) in [7, 11) is 0. The molecule has 7 heteroatoms. The zero-order valence-electron chi connectivity index (χ0n) is 16.5. The highest BCUT2D eigenvalue weighted by Gasteiger charge is 2.11. The van der Waals surface area contributed by atoms with Crippen LogP contribution in [-0.4, -0.2) is 27.7 Å². The largest absolute Gasteiger partial charge is 0.481 e. The molecule has 0 bridgehead atoms. The Balaban J connectivity index is 1.61. The first kappa shape index (κ1) is 20.7. The number of pyridine rings is 1. The summed E-state index contributed by atoms with van der Waals surface area (Å²) in [4.78, 5) is 27.3. The molecule has 0 atom stereocenters. The molecule has 1 heterocycles. The maximum absolute atomic E-state index is 12.3. The molecule has 0 fully saturated rings. The van der Waals surface area contributed by atoms with Gasteiger partial charge < -0.3 is 21.1 Å². The Morgan fingerprint density at radius 2 is 1.77 bits per heavy atom. The number of hydrogen-bond donors (Lipinski definition) is 4. The summed E-state index contributed by atoms with van der Waals surface area (Å²) in [5.41, 5.74) is 4.31. The molecule has 1 aromatic heterocycles. The van der Waals surface area contributed by atoms with Crippen LogP contribution in [0, 0.1) is 12.3 Å². The number of aromatic nitrogens is 1. The predicted molar refractivity (Wildman–Crippen MR) is 116 cm³/mol. The summed E-state index contributed by atoms with van der Waals surface area (Å²) in [6.45, 7) is 2.36. The fourth-order valence-electron chi connectivity index (χ4n) is 2.86. The van der Waals surface area contributed by atoms with Crippen molar-refractivity contribution in [2.75, 3.05) is 10.6 Å². The summed E-state index contributed by atoms with van der Waals surface area (Å²) in [5.74, 6) is -1.26. The Kier molecular flexibility index (Phi) is 6.54. The minimum Gasteiger partial charge on any atom is -0.481 e. The lowest BCUT2D eigenvalue weighted by Gasteiger charge is -2.13. The molecule has 0 aliphatic rings. The van der Waals surface area contributed by atoms with Crippen LogP contribution in [-0.2, 0) is 11.3 Å². The summed E-state index contributed by atoms with van der Waals surface area (Å²) in [6.07, 6.45) is 1.21. The first-order chi connectivity index (χ1) is 14.4. The van der Waals surface area contributed by atoms with Crippen molar-refractivity contribution in [2.45, 2.75) is 19.9 Å². The van der Waals surface area contributed by atoms with E-state index in [1.54, 1.807) is 30.5 Å². The van der Waals surface area contributed by atoms with Gasteiger partial charge in [-0.1, -0.05) is 30.3 Å². The van der Waals surface area contributed by atoms with Crippen LogP contribution < -0.4 is 10.6 Å². The van der Waals surface area contributed by atoms with Gasteiger partial charge >= 0.3 is 5.97 Å². The van der Waals surface area contributed by atoms with Crippen molar-refractivity contribution >= 4 is 29.0 Å². The number of nitrogens with one attached hydrogen (secondary N) is 3. The van der Waals surface area contributed by atoms with Crippen molar-refractivity contribution in [3.63, 3.8) is 0 Å². The summed E-state index contributed by atoms with van der Waals surface area (Å²) in [5, 5.41) is 23.0. The minimum absolute atomic E-state index is 0.0502. The molecule has 0 saturated carbocycles. The fourth-order valence-corrected chi connectivity index (χ4v) is 2.86. The van der Waals surface area contributed by atoms with Gasteiger partial charge in [0.05, 0.1) is 17.7 Å². The number of amides is 1. The molecule has 0 aliphatic carbocycles. The third-order valence-corrected chi connectivity index (χ3v) is 4.45. The zero-order valence-corrected chi connectivity index (χ0v) is 16.5. The number of para-hydroxylation sites is 1. The highest BCUT2D eigenvalue weighted by molar-refractivity contribution is 6.10. The van der Waals surface area contributed by atoms with Crippen LogP contribution in [0.5, 0.6) is 0 Å². The topological polar surface area (TPSA) is 115 Å². The standard InChI is InChI=1S/C23H22N4O3/c1-15-6-9-17(14-25-15)23(30)27-18-10-7-16(8-11-18)13-26-21-5-3-2-4-19(21)20(24)12-22(28)29/h2-11,14,24,26H,12-13H2,1H3,(H,27,30)(H,28,29). The molecule has 0 aliphatic heterocycles. The van der Waals surface area contributed by atoms with Crippen LogP contribution in [0.25, 0.3) is 0 Å². The van der Waals surface area contributed by atoms with E-state index in [1.807, 2.05) is 43.3 Å². The summed E-state index contributed by atoms with van der Waals surface area (Å²) < 4.78 is 0. The lowest BCUT2D eigenvalue weighted by molar-refractivity contribution is -0.135. The van der Waals surface area contributed by atoms with E-state index in [4.69, 9.17) is 10.5 Å². The molecular formula is C23H22N4O3. The highest BCUT2D eigenvalue weighted by atomic mass is 16.4. The maximum Gasteiger partial charge on any atom is 0.309 e. The molecule has 3 rings (SSSR count). The van der Waals surface area contributed by atoms with E-state index < -0.39 is 5.97 Å². The smallest absolute Gasteiger partial charge is 0.309 e. The molecule has 3 aromatic rings. The van der Waals surface area contributed by atoms with Crippen LogP contribution in [0.3, 0.4) is 0 Å². The first-order valence-electron chi connectivity index (χ1n) is 9.38. The first-order valence-corrected chi connectivity index (χ1v) is 9.38. The number of aryl methyl sites for hydroxylation is 1. The van der Waals surface area contributed by atoms with Gasteiger partial charge in [-0.05, 0) is 42.8 Å². The lowest BCUT2D eigenvalue weighted by atomic mass is 10.0. The van der Waals surface area contributed by atoms with E-state index in [0.29, 0.717) is 29.0 Å². The molecular weight excluding hydrogens is 380 g/mol.